The zero-order valence-electron chi connectivity index (χ0n) is 14.0. The van der Waals surface area contributed by atoms with Gasteiger partial charge in [0.15, 0.2) is 0 Å². The topological polar surface area (TPSA) is 12.9 Å². The molecule has 2 aromatic carbocycles. The van der Waals surface area contributed by atoms with Gasteiger partial charge in [0.05, 0.1) is 5.92 Å². The van der Waals surface area contributed by atoms with Crippen LogP contribution in [0.1, 0.15) is 22.6 Å². The van der Waals surface area contributed by atoms with Gasteiger partial charge in [-0.05, 0) is 24.1 Å². The number of nitrogens with zero attached hydrogens (tertiary/aromatic N) is 1. The Morgan fingerprint density at radius 1 is 1.00 bits per heavy atom. The molecule has 1 atom stereocenters. The number of pyridine rings is 1. The van der Waals surface area contributed by atoms with Gasteiger partial charge in [0, 0.05) is 23.5 Å². The monoisotopic (exact) mass is 335 g/mol. The van der Waals surface area contributed by atoms with Crippen molar-refractivity contribution in [3.05, 3.63) is 102 Å². The molecule has 0 bridgehead atoms. The molecular formula is C22H19F2N. The predicted molar refractivity (Wildman–Crippen MR) is 97.7 cm³/mol. The van der Waals surface area contributed by atoms with E-state index < -0.39 is 11.8 Å². The first-order valence-corrected chi connectivity index (χ1v) is 8.11. The second-order valence-corrected chi connectivity index (χ2v) is 6.03. The lowest BCUT2D eigenvalue weighted by molar-refractivity contribution is -0.0190. The van der Waals surface area contributed by atoms with Crippen LogP contribution >= 0.6 is 0 Å². The van der Waals surface area contributed by atoms with Crippen molar-refractivity contribution in [3.8, 4) is 11.1 Å². The van der Waals surface area contributed by atoms with Gasteiger partial charge < -0.3 is 0 Å². The summed E-state index contributed by atoms with van der Waals surface area (Å²) in [6.45, 7) is 5.59. The lowest BCUT2D eigenvalue weighted by Gasteiger charge is -2.27. The predicted octanol–water partition coefficient (Wildman–Crippen LogP) is 6.12. The molecule has 0 aliphatic carbocycles. The highest BCUT2D eigenvalue weighted by molar-refractivity contribution is 5.67. The molecule has 3 aromatic rings. The van der Waals surface area contributed by atoms with Gasteiger partial charge in [-0.15, -0.1) is 6.58 Å². The summed E-state index contributed by atoms with van der Waals surface area (Å²) in [5.41, 5.74) is 2.69. The quantitative estimate of drug-likeness (QED) is 0.512. The summed E-state index contributed by atoms with van der Waals surface area (Å²) in [7, 11) is 0. The van der Waals surface area contributed by atoms with Gasteiger partial charge in [0.2, 0.25) is 0 Å². The van der Waals surface area contributed by atoms with Gasteiger partial charge in [0.1, 0.15) is 0 Å². The number of aryl methyl sites for hydroxylation is 1. The number of hydrogen-bond acceptors (Lipinski definition) is 1. The van der Waals surface area contributed by atoms with E-state index in [1.165, 1.54) is 24.5 Å². The third-order valence-electron chi connectivity index (χ3n) is 4.33. The van der Waals surface area contributed by atoms with Crippen molar-refractivity contribution in [2.75, 3.05) is 0 Å². The molecule has 1 aromatic heterocycles. The fraction of sp³-hybridized carbons (Fsp3) is 0.136. The van der Waals surface area contributed by atoms with E-state index in [9.17, 15) is 0 Å². The maximum absolute atomic E-state index is 15.5. The third-order valence-corrected chi connectivity index (χ3v) is 4.33. The van der Waals surface area contributed by atoms with Gasteiger partial charge in [-0.25, -0.2) is 8.78 Å². The molecule has 1 heterocycles. The van der Waals surface area contributed by atoms with Gasteiger partial charge in [-0.2, -0.15) is 0 Å². The number of alkyl halides is 2. The Kier molecular flexibility index (Phi) is 4.75. The summed E-state index contributed by atoms with van der Waals surface area (Å²) in [5.74, 6) is -4.22. The highest BCUT2D eigenvalue weighted by Crippen LogP contribution is 2.46. The van der Waals surface area contributed by atoms with Gasteiger partial charge in [-0.1, -0.05) is 66.2 Å². The maximum Gasteiger partial charge on any atom is 0.284 e. The lowest BCUT2D eigenvalue weighted by atomic mass is 9.85. The highest BCUT2D eigenvalue weighted by atomic mass is 19.3. The second-order valence-electron chi connectivity index (χ2n) is 6.03. The van der Waals surface area contributed by atoms with E-state index in [0.717, 1.165) is 11.1 Å². The molecule has 1 nitrogen and oxygen atoms in total. The molecule has 0 saturated carbocycles. The van der Waals surface area contributed by atoms with Crippen LogP contribution in [0.5, 0.6) is 0 Å². The number of aromatic nitrogens is 1. The first-order valence-electron chi connectivity index (χ1n) is 8.11. The zero-order chi connectivity index (χ0) is 17.9. The van der Waals surface area contributed by atoms with Crippen molar-refractivity contribution in [2.45, 2.75) is 18.8 Å². The summed E-state index contributed by atoms with van der Waals surface area (Å²) in [6.07, 6.45) is 4.22. The van der Waals surface area contributed by atoms with Crippen molar-refractivity contribution < 1.29 is 8.78 Å². The Balaban J connectivity index is 2.10. The molecule has 126 valence electrons. The van der Waals surface area contributed by atoms with E-state index in [4.69, 9.17) is 0 Å². The van der Waals surface area contributed by atoms with Crippen LogP contribution in [0.25, 0.3) is 11.1 Å². The van der Waals surface area contributed by atoms with Crippen LogP contribution in [0.4, 0.5) is 8.78 Å². The average Bonchev–Trinajstić information content (AvgIpc) is 2.64. The van der Waals surface area contributed by atoms with Crippen LogP contribution in [0.3, 0.4) is 0 Å². The van der Waals surface area contributed by atoms with Crippen molar-refractivity contribution in [2.24, 2.45) is 0 Å². The van der Waals surface area contributed by atoms with Crippen LogP contribution in [0, 0.1) is 6.92 Å². The van der Waals surface area contributed by atoms with Gasteiger partial charge in [-0.3, -0.25) is 4.98 Å². The SMILES string of the molecule is C=C[C@@H](c1ccc(C)cc1)C(F)(F)c1ccncc1-c1ccccc1. The third kappa shape index (κ3) is 3.36. The molecule has 0 fully saturated rings. The normalized spacial score (nSPS) is 12.6. The smallest absolute Gasteiger partial charge is 0.264 e. The number of benzene rings is 2. The van der Waals surface area contributed by atoms with E-state index in [-0.39, 0.29) is 5.56 Å². The Hall–Kier alpha value is -2.81. The van der Waals surface area contributed by atoms with Gasteiger partial charge in [0.25, 0.3) is 5.92 Å². The first-order chi connectivity index (χ1) is 12.0. The van der Waals surface area contributed by atoms with Gasteiger partial charge >= 0.3 is 0 Å². The molecule has 0 radical (unpaired) electrons. The van der Waals surface area contributed by atoms with Crippen LogP contribution in [-0.4, -0.2) is 4.98 Å². The molecule has 0 spiro atoms. The van der Waals surface area contributed by atoms with Crippen LogP contribution < -0.4 is 0 Å². The van der Waals surface area contributed by atoms with Crippen molar-refractivity contribution >= 4 is 0 Å². The highest BCUT2D eigenvalue weighted by Gasteiger charge is 2.42. The maximum atomic E-state index is 15.5. The second kappa shape index (κ2) is 6.98. The van der Waals surface area contributed by atoms with Crippen LogP contribution in [0.2, 0.25) is 0 Å². The van der Waals surface area contributed by atoms with Crippen molar-refractivity contribution in [1.29, 1.82) is 0 Å². The Labute approximate surface area is 146 Å². The minimum Gasteiger partial charge on any atom is -0.264 e. The summed E-state index contributed by atoms with van der Waals surface area (Å²) in [4.78, 5) is 4.05. The number of halogens is 2. The summed E-state index contributed by atoms with van der Waals surface area (Å²) in [5, 5.41) is 0. The van der Waals surface area contributed by atoms with E-state index in [1.54, 1.807) is 12.1 Å². The molecule has 0 N–H and O–H groups in total. The van der Waals surface area contributed by atoms with E-state index >= 15 is 8.78 Å². The molecule has 0 unspecified atom stereocenters. The Morgan fingerprint density at radius 2 is 1.68 bits per heavy atom. The fourth-order valence-electron chi connectivity index (χ4n) is 2.97. The molecule has 0 aliphatic rings. The molecule has 25 heavy (non-hydrogen) atoms. The van der Waals surface area contributed by atoms with E-state index in [0.29, 0.717) is 11.1 Å². The fourth-order valence-corrected chi connectivity index (χ4v) is 2.97. The van der Waals surface area contributed by atoms with Crippen LogP contribution in [0.15, 0.2) is 85.7 Å². The summed E-state index contributed by atoms with van der Waals surface area (Å²) in [6, 6.07) is 17.7. The minimum atomic E-state index is -3.11. The van der Waals surface area contributed by atoms with Crippen LogP contribution in [-0.2, 0) is 5.92 Å². The molecule has 0 saturated heterocycles. The molecule has 0 aliphatic heterocycles. The first kappa shape index (κ1) is 17.0. The molecule has 3 heteroatoms. The standard InChI is InChI=1S/C22H19F2N/c1-3-20(18-11-9-16(2)10-12-18)22(23,24)21-13-14-25-15-19(21)17-7-5-4-6-8-17/h3-15,20H,1H2,2H3/t20-/m0/s1. The Bertz CT molecular complexity index is 855. The van der Waals surface area contributed by atoms with Crippen molar-refractivity contribution in [1.82, 2.24) is 4.98 Å². The zero-order valence-corrected chi connectivity index (χ0v) is 14.0. The summed E-state index contributed by atoms with van der Waals surface area (Å²) < 4.78 is 30.9. The average molecular weight is 335 g/mol. The Morgan fingerprint density at radius 3 is 2.32 bits per heavy atom. The largest absolute Gasteiger partial charge is 0.284 e. The van der Waals surface area contributed by atoms with E-state index in [1.807, 2.05) is 49.4 Å². The lowest BCUT2D eigenvalue weighted by Crippen LogP contribution is -2.23. The molecule has 3 rings (SSSR count). The summed E-state index contributed by atoms with van der Waals surface area (Å²) >= 11 is 0. The molecular weight excluding hydrogens is 316 g/mol. The number of allylic oxidation sites excluding steroid dienone is 1. The number of hydrogen-bond donors (Lipinski definition) is 0. The number of rotatable bonds is 5. The molecule has 0 amide bonds. The van der Waals surface area contributed by atoms with Crippen molar-refractivity contribution in [3.63, 3.8) is 0 Å². The minimum absolute atomic E-state index is 0.0424. The van der Waals surface area contributed by atoms with E-state index in [2.05, 4.69) is 11.6 Å².